The van der Waals surface area contributed by atoms with E-state index in [-0.39, 0.29) is 16.8 Å². The van der Waals surface area contributed by atoms with E-state index in [2.05, 4.69) is 10.2 Å². The Balaban J connectivity index is 1.77. The van der Waals surface area contributed by atoms with Crippen molar-refractivity contribution in [3.05, 3.63) is 68.7 Å². The number of nitro benzene ring substituents is 1. The Morgan fingerprint density at radius 1 is 1.12 bits per heavy atom. The molecule has 34 heavy (non-hydrogen) atoms. The summed E-state index contributed by atoms with van der Waals surface area (Å²) >= 11 is 7.26. The maximum Gasteiger partial charge on any atom is 0.328 e. The predicted molar refractivity (Wildman–Crippen MR) is 123 cm³/mol. The zero-order valence-corrected chi connectivity index (χ0v) is 19.0. The highest BCUT2D eigenvalue weighted by Crippen LogP contribution is 2.35. The Morgan fingerprint density at radius 2 is 1.85 bits per heavy atom. The SMILES string of the molecule is CCn1c(Sc2ccc([N+](=O)[O-])cc2C=C2C(=O)NC(=O)NC2=O)nnc1-c1cccc(Cl)c1. The third-order valence-electron chi connectivity index (χ3n) is 4.76. The number of nitrogens with one attached hydrogen (secondary N) is 2. The fourth-order valence-corrected chi connectivity index (χ4v) is 4.37. The molecule has 0 bridgehead atoms. The Labute approximate surface area is 201 Å². The van der Waals surface area contributed by atoms with Gasteiger partial charge in [-0.25, -0.2) is 4.79 Å². The van der Waals surface area contributed by atoms with Crippen molar-refractivity contribution in [2.24, 2.45) is 0 Å². The Kier molecular flexibility index (Phi) is 6.43. The summed E-state index contributed by atoms with van der Waals surface area (Å²) in [4.78, 5) is 46.9. The van der Waals surface area contributed by atoms with Gasteiger partial charge in [-0.3, -0.25) is 30.3 Å². The van der Waals surface area contributed by atoms with Crippen LogP contribution in [0.2, 0.25) is 5.02 Å². The van der Waals surface area contributed by atoms with Crippen LogP contribution in [0, 0.1) is 10.1 Å². The highest BCUT2D eigenvalue weighted by molar-refractivity contribution is 7.99. The highest BCUT2D eigenvalue weighted by Gasteiger charge is 2.28. The summed E-state index contributed by atoms with van der Waals surface area (Å²) in [5.74, 6) is -1.23. The van der Waals surface area contributed by atoms with E-state index in [1.54, 1.807) is 18.2 Å². The van der Waals surface area contributed by atoms with E-state index in [0.29, 0.717) is 27.4 Å². The van der Waals surface area contributed by atoms with Gasteiger partial charge in [0, 0.05) is 34.2 Å². The molecule has 4 rings (SSSR count). The van der Waals surface area contributed by atoms with Gasteiger partial charge < -0.3 is 4.57 Å². The van der Waals surface area contributed by atoms with Crippen molar-refractivity contribution >= 4 is 53.0 Å². The Morgan fingerprint density at radius 3 is 2.50 bits per heavy atom. The van der Waals surface area contributed by atoms with Gasteiger partial charge in [0.25, 0.3) is 17.5 Å². The van der Waals surface area contributed by atoms with Gasteiger partial charge in [-0.15, -0.1) is 10.2 Å². The zero-order chi connectivity index (χ0) is 24.4. The first kappa shape index (κ1) is 23.1. The van der Waals surface area contributed by atoms with Crippen LogP contribution in [-0.2, 0) is 16.1 Å². The van der Waals surface area contributed by atoms with Crippen LogP contribution in [-0.4, -0.2) is 37.5 Å². The highest BCUT2D eigenvalue weighted by atomic mass is 35.5. The number of hydrogen-bond donors (Lipinski definition) is 2. The third-order valence-corrected chi connectivity index (χ3v) is 6.08. The van der Waals surface area contributed by atoms with Gasteiger partial charge in [-0.1, -0.05) is 23.7 Å². The molecule has 0 unspecified atom stereocenters. The number of imide groups is 2. The summed E-state index contributed by atoms with van der Waals surface area (Å²) < 4.78 is 1.84. The molecule has 2 aromatic carbocycles. The fourth-order valence-electron chi connectivity index (χ4n) is 3.21. The number of benzene rings is 2. The number of amides is 4. The molecule has 0 spiro atoms. The number of halogens is 1. The Hall–Kier alpha value is -4.03. The molecule has 2 heterocycles. The summed E-state index contributed by atoms with van der Waals surface area (Å²) in [6, 6.07) is 10.2. The van der Waals surface area contributed by atoms with Gasteiger partial charge in [-0.05, 0) is 48.5 Å². The van der Waals surface area contributed by atoms with Crippen molar-refractivity contribution in [1.82, 2.24) is 25.4 Å². The van der Waals surface area contributed by atoms with Gasteiger partial charge in [0.2, 0.25) is 0 Å². The second kappa shape index (κ2) is 9.45. The number of non-ortho nitro benzene ring substituents is 1. The molecule has 0 radical (unpaired) electrons. The minimum Gasteiger partial charge on any atom is -0.302 e. The number of aromatic nitrogens is 3. The van der Waals surface area contributed by atoms with Crippen LogP contribution >= 0.6 is 23.4 Å². The molecule has 0 aliphatic carbocycles. The molecule has 172 valence electrons. The van der Waals surface area contributed by atoms with Gasteiger partial charge >= 0.3 is 6.03 Å². The minimum atomic E-state index is -0.939. The molecular formula is C21H15ClN6O5S. The molecule has 2 N–H and O–H groups in total. The van der Waals surface area contributed by atoms with E-state index >= 15 is 0 Å². The second-order valence-electron chi connectivity index (χ2n) is 6.94. The van der Waals surface area contributed by atoms with Crippen molar-refractivity contribution in [2.45, 2.75) is 23.5 Å². The van der Waals surface area contributed by atoms with Crippen molar-refractivity contribution in [2.75, 3.05) is 0 Å². The number of carbonyl (C=O) groups excluding carboxylic acids is 3. The van der Waals surface area contributed by atoms with Gasteiger partial charge in [-0.2, -0.15) is 0 Å². The smallest absolute Gasteiger partial charge is 0.302 e. The van der Waals surface area contributed by atoms with Crippen LogP contribution in [0.15, 0.2) is 58.1 Å². The van der Waals surface area contributed by atoms with E-state index in [1.807, 2.05) is 28.2 Å². The van der Waals surface area contributed by atoms with Crippen LogP contribution in [0.1, 0.15) is 12.5 Å². The zero-order valence-electron chi connectivity index (χ0n) is 17.4. The molecule has 13 heteroatoms. The molecule has 1 fully saturated rings. The number of hydrogen-bond acceptors (Lipinski definition) is 8. The summed E-state index contributed by atoms with van der Waals surface area (Å²) in [5.41, 5.74) is 0.391. The normalized spacial score (nSPS) is 13.5. The topological polar surface area (TPSA) is 149 Å². The lowest BCUT2D eigenvalue weighted by molar-refractivity contribution is -0.384. The first-order chi connectivity index (χ1) is 16.3. The molecule has 0 saturated carbocycles. The Bertz CT molecular complexity index is 1360. The van der Waals surface area contributed by atoms with Crippen LogP contribution in [0.5, 0.6) is 0 Å². The average molecular weight is 499 g/mol. The maximum atomic E-state index is 12.2. The standard InChI is InChI=1S/C21H15ClN6O5S/c1-2-27-17(11-4-3-5-13(22)8-11)25-26-21(27)34-16-7-6-14(28(32)33)9-12(16)10-15-18(29)23-20(31)24-19(15)30/h3-10H,2H2,1H3,(H2,23,24,29,30,31). The van der Waals surface area contributed by atoms with E-state index in [9.17, 15) is 24.5 Å². The monoisotopic (exact) mass is 498 g/mol. The van der Waals surface area contributed by atoms with Crippen molar-refractivity contribution in [3.8, 4) is 11.4 Å². The summed E-state index contributed by atoms with van der Waals surface area (Å²) in [6.07, 6.45) is 1.19. The van der Waals surface area contributed by atoms with Crippen LogP contribution in [0.3, 0.4) is 0 Å². The van der Waals surface area contributed by atoms with Crippen molar-refractivity contribution in [3.63, 3.8) is 0 Å². The molecule has 1 aliphatic rings. The van der Waals surface area contributed by atoms with Gasteiger partial charge in [0.05, 0.1) is 4.92 Å². The number of nitro groups is 1. The number of urea groups is 1. The van der Waals surface area contributed by atoms with E-state index in [4.69, 9.17) is 11.6 Å². The van der Waals surface area contributed by atoms with Crippen LogP contribution in [0.25, 0.3) is 17.5 Å². The number of barbiturate groups is 1. The summed E-state index contributed by atoms with van der Waals surface area (Å²) in [6.45, 7) is 2.43. The first-order valence-corrected chi connectivity index (χ1v) is 11.0. The lowest BCUT2D eigenvalue weighted by atomic mass is 10.1. The van der Waals surface area contributed by atoms with Crippen molar-refractivity contribution < 1.29 is 19.3 Å². The van der Waals surface area contributed by atoms with Crippen LogP contribution < -0.4 is 10.6 Å². The maximum absolute atomic E-state index is 12.2. The molecule has 1 saturated heterocycles. The lowest BCUT2D eigenvalue weighted by Crippen LogP contribution is -2.51. The molecule has 11 nitrogen and oxygen atoms in total. The summed E-state index contributed by atoms with van der Waals surface area (Å²) in [5, 5.41) is 24.8. The fraction of sp³-hybridized carbons (Fsp3) is 0.0952. The number of carbonyl (C=O) groups is 3. The van der Waals surface area contributed by atoms with Gasteiger partial charge in [0.1, 0.15) is 5.57 Å². The largest absolute Gasteiger partial charge is 0.328 e. The molecule has 4 amide bonds. The lowest BCUT2D eigenvalue weighted by Gasteiger charge is -2.14. The van der Waals surface area contributed by atoms with E-state index < -0.39 is 22.8 Å². The quantitative estimate of drug-likeness (QED) is 0.227. The average Bonchev–Trinajstić information content (AvgIpc) is 3.19. The summed E-state index contributed by atoms with van der Waals surface area (Å²) in [7, 11) is 0. The minimum absolute atomic E-state index is 0.226. The number of nitrogens with zero attached hydrogens (tertiary/aromatic N) is 4. The molecular weight excluding hydrogens is 484 g/mol. The first-order valence-electron chi connectivity index (χ1n) is 9.80. The van der Waals surface area contributed by atoms with Crippen LogP contribution in [0.4, 0.5) is 10.5 Å². The van der Waals surface area contributed by atoms with Gasteiger partial charge in [0.15, 0.2) is 11.0 Å². The number of rotatable bonds is 6. The third kappa shape index (κ3) is 4.67. The van der Waals surface area contributed by atoms with E-state index in [1.165, 1.54) is 24.3 Å². The predicted octanol–water partition coefficient (Wildman–Crippen LogP) is 3.43. The molecule has 3 aromatic rings. The van der Waals surface area contributed by atoms with E-state index in [0.717, 1.165) is 17.3 Å². The molecule has 1 aliphatic heterocycles. The molecule has 0 atom stereocenters. The second-order valence-corrected chi connectivity index (χ2v) is 8.38. The molecule has 1 aromatic heterocycles. The van der Waals surface area contributed by atoms with Crippen molar-refractivity contribution in [1.29, 1.82) is 0 Å².